The largest absolute Gasteiger partial charge is 0.342 e. The number of piperidine rings is 1. The third kappa shape index (κ3) is 4.05. The van der Waals surface area contributed by atoms with Crippen LogP contribution in [-0.2, 0) is 4.79 Å². The van der Waals surface area contributed by atoms with Gasteiger partial charge >= 0.3 is 0 Å². The molecule has 3 heterocycles. The molecule has 0 atom stereocenters. The predicted octanol–water partition coefficient (Wildman–Crippen LogP) is 1.54. The normalized spacial score (nSPS) is 15.3. The molecule has 7 heteroatoms. The van der Waals surface area contributed by atoms with Crippen molar-refractivity contribution in [3.05, 3.63) is 42.4 Å². The summed E-state index contributed by atoms with van der Waals surface area (Å²) >= 11 is 0. The number of hydrogen-bond acceptors (Lipinski definition) is 6. The Morgan fingerprint density at radius 2 is 2.04 bits per heavy atom. The molecule has 1 saturated heterocycles. The Labute approximate surface area is 141 Å². The molecule has 2 N–H and O–H groups in total. The SMILES string of the molecule is CNCC(=O)N1CCC(c2ccnc(Nc3ccccn3)n2)CC1. The second-order valence-corrected chi connectivity index (χ2v) is 5.83. The molecule has 3 rings (SSSR count). The molecule has 7 nitrogen and oxygen atoms in total. The van der Waals surface area contributed by atoms with Gasteiger partial charge in [0.05, 0.1) is 6.54 Å². The minimum absolute atomic E-state index is 0.163. The summed E-state index contributed by atoms with van der Waals surface area (Å²) < 4.78 is 0. The van der Waals surface area contributed by atoms with Gasteiger partial charge in [0.1, 0.15) is 5.82 Å². The minimum Gasteiger partial charge on any atom is -0.342 e. The van der Waals surface area contributed by atoms with Gasteiger partial charge in [0.2, 0.25) is 11.9 Å². The fourth-order valence-corrected chi connectivity index (χ4v) is 2.90. The van der Waals surface area contributed by atoms with Crippen LogP contribution in [0.2, 0.25) is 0 Å². The van der Waals surface area contributed by atoms with E-state index in [0.717, 1.165) is 37.4 Å². The van der Waals surface area contributed by atoms with Gasteiger partial charge in [-0.05, 0) is 38.1 Å². The molecular weight excluding hydrogens is 304 g/mol. The molecule has 2 aromatic heterocycles. The number of amides is 1. The Morgan fingerprint density at radius 3 is 2.75 bits per heavy atom. The summed E-state index contributed by atoms with van der Waals surface area (Å²) in [5.41, 5.74) is 1.02. The molecule has 2 aromatic rings. The molecule has 0 saturated carbocycles. The van der Waals surface area contributed by atoms with Crippen molar-refractivity contribution in [2.24, 2.45) is 0 Å². The summed E-state index contributed by atoms with van der Waals surface area (Å²) in [7, 11) is 1.79. The lowest BCUT2D eigenvalue weighted by molar-refractivity contribution is -0.131. The van der Waals surface area contributed by atoms with Gasteiger partial charge in [0.15, 0.2) is 0 Å². The molecule has 0 aliphatic carbocycles. The second-order valence-electron chi connectivity index (χ2n) is 5.83. The number of nitrogens with one attached hydrogen (secondary N) is 2. The fourth-order valence-electron chi connectivity index (χ4n) is 2.90. The standard InChI is InChI=1S/C17H22N6O/c1-18-12-16(24)23-10-6-13(7-11-23)14-5-9-20-17(21-14)22-15-4-2-3-8-19-15/h2-5,8-9,13,18H,6-7,10-12H2,1H3,(H,19,20,21,22). The Balaban J connectivity index is 1.62. The molecule has 0 unspecified atom stereocenters. The topological polar surface area (TPSA) is 83.0 Å². The van der Waals surface area contributed by atoms with Gasteiger partial charge in [-0.1, -0.05) is 6.07 Å². The van der Waals surface area contributed by atoms with E-state index in [9.17, 15) is 4.79 Å². The molecule has 0 spiro atoms. The first kappa shape index (κ1) is 16.3. The molecule has 1 amide bonds. The number of aromatic nitrogens is 3. The van der Waals surface area contributed by atoms with E-state index < -0.39 is 0 Å². The molecule has 0 radical (unpaired) electrons. The fraction of sp³-hybridized carbons (Fsp3) is 0.412. The maximum atomic E-state index is 11.9. The van der Waals surface area contributed by atoms with Gasteiger partial charge in [-0.2, -0.15) is 0 Å². The quantitative estimate of drug-likeness (QED) is 0.867. The number of anilines is 2. The van der Waals surface area contributed by atoms with Crippen molar-refractivity contribution in [2.75, 3.05) is 32.0 Å². The zero-order valence-corrected chi connectivity index (χ0v) is 13.8. The zero-order valence-electron chi connectivity index (χ0n) is 13.8. The average Bonchev–Trinajstić information content (AvgIpc) is 2.63. The first-order valence-electron chi connectivity index (χ1n) is 8.19. The lowest BCUT2D eigenvalue weighted by Gasteiger charge is -2.31. The first-order chi connectivity index (χ1) is 11.8. The van der Waals surface area contributed by atoms with Gasteiger partial charge in [-0.25, -0.2) is 15.0 Å². The summed E-state index contributed by atoms with van der Waals surface area (Å²) in [6.45, 7) is 1.95. The van der Waals surface area contributed by atoms with Crippen LogP contribution in [0.3, 0.4) is 0 Å². The summed E-state index contributed by atoms with van der Waals surface area (Å²) in [6.07, 6.45) is 5.35. The second kappa shape index (κ2) is 7.83. The van der Waals surface area contributed by atoms with E-state index in [2.05, 4.69) is 25.6 Å². The van der Waals surface area contributed by atoms with E-state index in [0.29, 0.717) is 18.4 Å². The van der Waals surface area contributed by atoms with E-state index in [-0.39, 0.29) is 5.91 Å². The van der Waals surface area contributed by atoms with Crippen LogP contribution in [-0.4, -0.2) is 52.4 Å². The predicted molar refractivity (Wildman–Crippen MR) is 92.0 cm³/mol. The highest BCUT2D eigenvalue weighted by Crippen LogP contribution is 2.27. The van der Waals surface area contributed by atoms with Crippen molar-refractivity contribution in [1.82, 2.24) is 25.2 Å². The van der Waals surface area contributed by atoms with Crippen molar-refractivity contribution in [1.29, 1.82) is 0 Å². The van der Waals surface area contributed by atoms with Crippen molar-refractivity contribution in [3.63, 3.8) is 0 Å². The van der Waals surface area contributed by atoms with Crippen LogP contribution in [0.15, 0.2) is 36.7 Å². The molecule has 0 bridgehead atoms. The third-order valence-electron chi connectivity index (χ3n) is 4.18. The number of carbonyl (C=O) groups excluding carboxylic acids is 1. The molecule has 24 heavy (non-hydrogen) atoms. The number of nitrogens with zero attached hydrogens (tertiary/aromatic N) is 4. The van der Waals surface area contributed by atoms with Gasteiger partial charge in [-0.15, -0.1) is 0 Å². The maximum absolute atomic E-state index is 11.9. The first-order valence-corrected chi connectivity index (χ1v) is 8.19. The van der Waals surface area contributed by atoms with Gasteiger partial charge in [-0.3, -0.25) is 4.79 Å². The van der Waals surface area contributed by atoms with E-state index >= 15 is 0 Å². The Bertz CT molecular complexity index is 670. The highest BCUT2D eigenvalue weighted by Gasteiger charge is 2.24. The third-order valence-corrected chi connectivity index (χ3v) is 4.18. The van der Waals surface area contributed by atoms with Crippen LogP contribution >= 0.6 is 0 Å². The summed E-state index contributed by atoms with van der Waals surface area (Å²) in [4.78, 5) is 26.9. The smallest absolute Gasteiger partial charge is 0.236 e. The van der Waals surface area contributed by atoms with Gasteiger partial charge in [0, 0.05) is 37.1 Å². The van der Waals surface area contributed by atoms with E-state index in [1.165, 1.54) is 0 Å². The van der Waals surface area contributed by atoms with Crippen molar-refractivity contribution < 1.29 is 4.79 Å². The number of likely N-dealkylation sites (N-methyl/N-ethyl adjacent to an activating group) is 1. The molecule has 1 aliphatic heterocycles. The molecule has 126 valence electrons. The summed E-state index contributed by atoms with van der Waals surface area (Å²) in [6, 6.07) is 7.61. The number of rotatable bonds is 5. The van der Waals surface area contributed by atoms with E-state index in [1.54, 1.807) is 19.4 Å². The summed E-state index contributed by atoms with van der Waals surface area (Å²) in [5.74, 6) is 1.80. The van der Waals surface area contributed by atoms with Crippen LogP contribution in [0, 0.1) is 0 Å². The average molecular weight is 326 g/mol. The van der Waals surface area contributed by atoms with Crippen LogP contribution in [0.5, 0.6) is 0 Å². The van der Waals surface area contributed by atoms with E-state index in [1.807, 2.05) is 29.2 Å². The van der Waals surface area contributed by atoms with Crippen LogP contribution in [0.1, 0.15) is 24.5 Å². The van der Waals surface area contributed by atoms with Crippen molar-refractivity contribution in [2.45, 2.75) is 18.8 Å². The molecule has 1 fully saturated rings. The molecular formula is C17H22N6O. The van der Waals surface area contributed by atoms with Crippen molar-refractivity contribution >= 4 is 17.7 Å². The minimum atomic E-state index is 0.163. The van der Waals surface area contributed by atoms with Crippen LogP contribution in [0.4, 0.5) is 11.8 Å². The number of likely N-dealkylation sites (tertiary alicyclic amines) is 1. The highest BCUT2D eigenvalue weighted by molar-refractivity contribution is 5.78. The Hall–Kier alpha value is -2.54. The van der Waals surface area contributed by atoms with Crippen molar-refractivity contribution in [3.8, 4) is 0 Å². The lowest BCUT2D eigenvalue weighted by atomic mass is 9.93. The monoisotopic (exact) mass is 326 g/mol. The van der Waals surface area contributed by atoms with Crippen LogP contribution < -0.4 is 10.6 Å². The van der Waals surface area contributed by atoms with Crippen LogP contribution in [0.25, 0.3) is 0 Å². The Morgan fingerprint density at radius 1 is 1.21 bits per heavy atom. The highest BCUT2D eigenvalue weighted by atomic mass is 16.2. The van der Waals surface area contributed by atoms with E-state index in [4.69, 9.17) is 0 Å². The van der Waals surface area contributed by atoms with Gasteiger partial charge in [0.25, 0.3) is 0 Å². The molecule has 0 aromatic carbocycles. The zero-order chi connectivity index (χ0) is 16.8. The maximum Gasteiger partial charge on any atom is 0.236 e. The van der Waals surface area contributed by atoms with Gasteiger partial charge < -0.3 is 15.5 Å². The number of hydrogen-bond donors (Lipinski definition) is 2. The Kier molecular flexibility index (Phi) is 5.32. The number of carbonyl (C=O) groups is 1. The number of pyridine rings is 1. The lowest BCUT2D eigenvalue weighted by Crippen LogP contribution is -2.42. The summed E-state index contributed by atoms with van der Waals surface area (Å²) in [5, 5.41) is 6.03. The molecule has 1 aliphatic rings.